The van der Waals surface area contributed by atoms with Crippen molar-refractivity contribution in [1.82, 2.24) is 5.32 Å². The van der Waals surface area contributed by atoms with Crippen LogP contribution in [0.5, 0.6) is 0 Å². The summed E-state index contributed by atoms with van der Waals surface area (Å²) in [5.74, 6) is 0. The van der Waals surface area contributed by atoms with Gasteiger partial charge in [0.15, 0.2) is 0 Å². The summed E-state index contributed by atoms with van der Waals surface area (Å²) in [6.45, 7) is 0. The van der Waals surface area contributed by atoms with Crippen molar-refractivity contribution in [1.29, 1.82) is 0 Å². The second-order valence-corrected chi connectivity index (χ2v) is 3.25. The van der Waals surface area contributed by atoms with Crippen LogP contribution in [0.2, 0.25) is 0 Å². The van der Waals surface area contributed by atoms with E-state index in [0.29, 0.717) is 0 Å². The topological polar surface area (TPSA) is 94.8 Å². The highest BCUT2D eigenvalue weighted by Gasteiger charge is 2.14. The molecule has 1 radical (unpaired) electrons. The van der Waals surface area contributed by atoms with Crippen LogP contribution in [0.4, 0.5) is 10.5 Å². The molecule has 14 heavy (non-hydrogen) atoms. The first-order chi connectivity index (χ1) is 6.47. The van der Waals surface area contributed by atoms with Gasteiger partial charge in [-0.1, -0.05) is 18.2 Å². The van der Waals surface area contributed by atoms with Gasteiger partial charge in [-0.15, -0.1) is 0 Å². The zero-order valence-corrected chi connectivity index (χ0v) is 7.64. The molecule has 6 nitrogen and oxygen atoms in total. The van der Waals surface area contributed by atoms with E-state index in [4.69, 9.17) is 4.55 Å². The number of para-hydroxylation sites is 1. The third-order valence-corrected chi connectivity index (χ3v) is 1.51. The number of benzene rings is 1. The van der Waals surface area contributed by atoms with Gasteiger partial charge in [0.2, 0.25) is 0 Å². The van der Waals surface area contributed by atoms with Crippen LogP contribution in [0.15, 0.2) is 30.3 Å². The second kappa shape index (κ2) is 4.07. The molecule has 0 aliphatic rings. The summed E-state index contributed by atoms with van der Waals surface area (Å²) in [6, 6.07) is 7.88. The fraction of sp³-hybridized carbons (Fsp3) is 0. The second-order valence-electron chi connectivity index (χ2n) is 2.22. The lowest BCUT2D eigenvalue weighted by atomic mass is 10.3. The van der Waals surface area contributed by atoms with Gasteiger partial charge in [-0.25, -0.2) is 4.79 Å². The normalized spacial score (nSPS) is 10.6. The Morgan fingerprint density at radius 2 is 1.86 bits per heavy atom. The smallest absolute Gasteiger partial charge is 0.305 e. The third kappa shape index (κ3) is 3.87. The van der Waals surface area contributed by atoms with E-state index in [2.05, 4.69) is 9.50 Å². The van der Waals surface area contributed by atoms with Crippen LogP contribution >= 0.6 is 0 Å². The van der Waals surface area contributed by atoms with E-state index in [9.17, 15) is 13.2 Å². The lowest BCUT2D eigenvalue weighted by Crippen LogP contribution is -2.17. The quantitative estimate of drug-likeness (QED) is 0.740. The predicted molar refractivity (Wildman–Crippen MR) is 46.3 cm³/mol. The van der Waals surface area contributed by atoms with Crippen molar-refractivity contribution in [3.8, 4) is 0 Å². The number of nitrogens with zero attached hydrogens (tertiary/aromatic N) is 1. The van der Waals surface area contributed by atoms with Crippen molar-refractivity contribution >= 4 is 22.2 Å². The zero-order chi connectivity index (χ0) is 10.6. The van der Waals surface area contributed by atoms with Gasteiger partial charge < -0.3 is 4.18 Å². The summed E-state index contributed by atoms with van der Waals surface area (Å²) in [5, 5.41) is 3.24. The molecule has 0 unspecified atom stereocenters. The minimum absolute atomic E-state index is 0.237. The lowest BCUT2D eigenvalue weighted by molar-refractivity contribution is 0.199. The first-order valence-corrected chi connectivity index (χ1v) is 4.81. The van der Waals surface area contributed by atoms with E-state index in [0.717, 1.165) is 0 Å². The van der Waals surface area contributed by atoms with Gasteiger partial charge in [0.25, 0.3) is 0 Å². The van der Waals surface area contributed by atoms with Crippen LogP contribution in [0.3, 0.4) is 0 Å². The van der Waals surface area contributed by atoms with E-state index < -0.39 is 16.5 Å². The molecule has 0 spiro atoms. The Balaban J connectivity index is 2.59. The maximum Gasteiger partial charge on any atom is 0.451 e. The summed E-state index contributed by atoms with van der Waals surface area (Å²) in [6.07, 6.45) is -1.39. The van der Waals surface area contributed by atoms with Gasteiger partial charge in [-0.05, 0) is 12.1 Å². The molecule has 1 rings (SSSR count). The fourth-order valence-electron chi connectivity index (χ4n) is 0.717. The molecule has 1 aromatic rings. The third-order valence-electron chi connectivity index (χ3n) is 1.15. The fourth-order valence-corrected chi connectivity index (χ4v) is 0.934. The van der Waals surface area contributed by atoms with Crippen molar-refractivity contribution in [2.24, 2.45) is 0 Å². The SMILES string of the molecule is O=C([N]c1ccccc1)OS(=O)(=O)O. The Morgan fingerprint density at radius 3 is 2.36 bits per heavy atom. The molecule has 1 aromatic carbocycles. The first kappa shape index (κ1) is 10.5. The highest BCUT2D eigenvalue weighted by Crippen LogP contribution is 2.06. The number of carbonyl (C=O) groups is 1. The standard InChI is InChI=1S/C7H6NO5S/c9-7(13-14(10,11)12)8-6-4-2-1-3-5-6/h1-5H,(H,10,11,12). The van der Waals surface area contributed by atoms with Gasteiger partial charge in [-0.3, -0.25) is 4.55 Å². The Hall–Kier alpha value is -1.60. The van der Waals surface area contributed by atoms with E-state index in [1.54, 1.807) is 18.2 Å². The number of amides is 1. The average molecular weight is 216 g/mol. The number of hydrogen-bond acceptors (Lipinski definition) is 4. The molecule has 0 saturated carbocycles. The van der Waals surface area contributed by atoms with Crippen molar-refractivity contribution in [2.75, 3.05) is 0 Å². The summed E-state index contributed by atoms with van der Waals surface area (Å²) in [7, 11) is -4.79. The number of carbonyl (C=O) groups excluding carboxylic acids is 1. The minimum atomic E-state index is -4.79. The molecule has 0 aliphatic carbocycles. The predicted octanol–water partition coefficient (Wildman–Crippen LogP) is 0.862. The van der Waals surface area contributed by atoms with Gasteiger partial charge in [0.1, 0.15) is 0 Å². The van der Waals surface area contributed by atoms with Crippen LogP contribution in [0.25, 0.3) is 0 Å². The maximum atomic E-state index is 10.7. The molecule has 0 atom stereocenters. The van der Waals surface area contributed by atoms with Crippen molar-refractivity contribution < 1.29 is 21.9 Å². The Labute approximate surface area is 80.5 Å². The number of rotatable bonds is 2. The molecule has 0 aliphatic heterocycles. The average Bonchev–Trinajstić information content (AvgIpc) is 2.02. The molecule has 0 fully saturated rings. The summed E-state index contributed by atoms with van der Waals surface area (Å²) >= 11 is 0. The van der Waals surface area contributed by atoms with Crippen LogP contribution in [0.1, 0.15) is 0 Å². The van der Waals surface area contributed by atoms with Crippen molar-refractivity contribution in [3.05, 3.63) is 30.3 Å². The maximum absolute atomic E-state index is 10.7. The molecule has 0 saturated heterocycles. The molecule has 1 amide bonds. The Morgan fingerprint density at radius 1 is 1.29 bits per heavy atom. The van der Waals surface area contributed by atoms with E-state index in [-0.39, 0.29) is 5.69 Å². The van der Waals surface area contributed by atoms with Crippen LogP contribution in [-0.2, 0) is 14.6 Å². The zero-order valence-electron chi connectivity index (χ0n) is 6.82. The highest BCUT2D eigenvalue weighted by atomic mass is 32.3. The van der Waals surface area contributed by atoms with Crippen LogP contribution < -0.4 is 5.32 Å². The van der Waals surface area contributed by atoms with Gasteiger partial charge in [0, 0.05) is 0 Å². The number of hydrogen-bond donors (Lipinski definition) is 1. The van der Waals surface area contributed by atoms with E-state index in [1.807, 2.05) is 0 Å². The summed E-state index contributed by atoms with van der Waals surface area (Å²) < 4.78 is 31.9. The van der Waals surface area contributed by atoms with Gasteiger partial charge in [-0.2, -0.15) is 13.7 Å². The van der Waals surface area contributed by atoms with Crippen molar-refractivity contribution in [3.63, 3.8) is 0 Å². The van der Waals surface area contributed by atoms with E-state index in [1.165, 1.54) is 12.1 Å². The molecule has 1 N–H and O–H groups in total. The summed E-state index contributed by atoms with van der Waals surface area (Å²) in [5.41, 5.74) is 0.237. The molecule has 0 aromatic heterocycles. The highest BCUT2D eigenvalue weighted by molar-refractivity contribution is 7.81. The van der Waals surface area contributed by atoms with E-state index >= 15 is 0 Å². The van der Waals surface area contributed by atoms with Gasteiger partial charge in [0.05, 0.1) is 5.69 Å². The molecule has 75 valence electrons. The molecule has 0 heterocycles. The largest absolute Gasteiger partial charge is 0.451 e. The van der Waals surface area contributed by atoms with Crippen LogP contribution in [0, 0.1) is 0 Å². The molecular formula is C7H6NO5S. The monoisotopic (exact) mass is 216 g/mol. The molecule has 7 heteroatoms. The van der Waals surface area contributed by atoms with Crippen LogP contribution in [-0.4, -0.2) is 19.1 Å². The minimum Gasteiger partial charge on any atom is -0.305 e. The Kier molecular flexibility index (Phi) is 3.05. The van der Waals surface area contributed by atoms with Gasteiger partial charge >= 0.3 is 16.5 Å². The molecular weight excluding hydrogens is 210 g/mol. The summed E-state index contributed by atoms with van der Waals surface area (Å²) in [4.78, 5) is 10.7. The molecule has 0 bridgehead atoms. The van der Waals surface area contributed by atoms with Crippen molar-refractivity contribution in [2.45, 2.75) is 0 Å². The lowest BCUT2D eigenvalue weighted by Gasteiger charge is -1.99. The first-order valence-electron chi connectivity index (χ1n) is 3.45. The Bertz CT molecular complexity index is 413.